The number of amides is 1. The van der Waals surface area contributed by atoms with Crippen molar-refractivity contribution >= 4 is 21.8 Å². The van der Waals surface area contributed by atoms with Crippen LogP contribution in [0.3, 0.4) is 0 Å². The van der Waals surface area contributed by atoms with E-state index in [9.17, 15) is 4.79 Å². The number of unbranched alkanes of at least 4 members (excludes halogenated alkanes) is 1. The van der Waals surface area contributed by atoms with E-state index in [2.05, 4.69) is 21.2 Å². The molecular formula is C15H20BrNO3. The van der Waals surface area contributed by atoms with Crippen molar-refractivity contribution < 1.29 is 14.3 Å². The summed E-state index contributed by atoms with van der Waals surface area (Å²) in [5.41, 5.74) is 1.12. The summed E-state index contributed by atoms with van der Waals surface area (Å²) in [5.74, 6) is 1.85. The van der Waals surface area contributed by atoms with Gasteiger partial charge < -0.3 is 14.8 Å². The number of hydrogen-bond acceptors (Lipinski definition) is 3. The molecule has 0 saturated carbocycles. The van der Waals surface area contributed by atoms with Gasteiger partial charge in [-0.3, -0.25) is 4.79 Å². The molecule has 0 aliphatic carbocycles. The number of benzene rings is 1. The Hall–Kier alpha value is -1.23. The second-order valence-electron chi connectivity index (χ2n) is 4.86. The zero-order valence-electron chi connectivity index (χ0n) is 11.7. The standard InChI is InChI=1S/C15H20BrNO3/c1-19-13-5-4-11(12-9-15(18)17-10-12)8-14(13)20-7-3-2-6-16/h4-5,8,12H,2-3,6-7,9-10H2,1H3,(H,17,18). The molecule has 2 rings (SSSR count). The molecule has 1 aromatic rings. The maximum atomic E-state index is 11.3. The fourth-order valence-corrected chi connectivity index (χ4v) is 2.68. The summed E-state index contributed by atoms with van der Waals surface area (Å²) < 4.78 is 11.1. The summed E-state index contributed by atoms with van der Waals surface area (Å²) in [6, 6.07) is 5.92. The number of hydrogen-bond donors (Lipinski definition) is 1. The van der Waals surface area contributed by atoms with E-state index in [1.54, 1.807) is 7.11 Å². The molecule has 1 saturated heterocycles. The van der Waals surface area contributed by atoms with Crippen LogP contribution in [0.2, 0.25) is 0 Å². The molecule has 1 amide bonds. The van der Waals surface area contributed by atoms with Crippen molar-refractivity contribution in [3.05, 3.63) is 23.8 Å². The van der Waals surface area contributed by atoms with Crippen molar-refractivity contribution in [3.63, 3.8) is 0 Å². The third-order valence-electron chi connectivity index (χ3n) is 3.42. The first-order valence-electron chi connectivity index (χ1n) is 6.88. The zero-order chi connectivity index (χ0) is 14.4. The molecule has 1 aromatic carbocycles. The molecule has 0 radical (unpaired) electrons. The van der Waals surface area contributed by atoms with Crippen LogP contribution in [-0.4, -0.2) is 31.5 Å². The van der Waals surface area contributed by atoms with Crippen LogP contribution in [0.4, 0.5) is 0 Å². The molecule has 0 aromatic heterocycles. The molecule has 1 heterocycles. The first kappa shape index (κ1) is 15.2. The van der Waals surface area contributed by atoms with Gasteiger partial charge >= 0.3 is 0 Å². The quantitative estimate of drug-likeness (QED) is 0.612. The summed E-state index contributed by atoms with van der Waals surface area (Å²) in [4.78, 5) is 11.3. The molecule has 1 unspecified atom stereocenters. The highest BCUT2D eigenvalue weighted by atomic mass is 79.9. The molecule has 110 valence electrons. The molecule has 0 bridgehead atoms. The molecule has 0 spiro atoms. The van der Waals surface area contributed by atoms with Crippen LogP contribution in [0.25, 0.3) is 0 Å². The maximum Gasteiger partial charge on any atom is 0.220 e. The Kier molecular flexibility index (Phi) is 5.71. The second kappa shape index (κ2) is 7.53. The largest absolute Gasteiger partial charge is 0.493 e. The number of nitrogens with one attached hydrogen (secondary N) is 1. The van der Waals surface area contributed by atoms with Gasteiger partial charge in [-0.2, -0.15) is 0 Å². The number of rotatable bonds is 7. The molecule has 5 heteroatoms. The summed E-state index contributed by atoms with van der Waals surface area (Å²) in [6.45, 7) is 1.38. The van der Waals surface area contributed by atoms with E-state index in [0.29, 0.717) is 19.6 Å². The number of carbonyl (C=O) groups is 1. The van der Waals surface area contributed by atoms with Crippen molar-refractivity contribution in [2.24, 2.45) is 0 Å². The summed E-state index contributed by atoms with van der Waals surface area (Å²) in [6.07, 6.45) is 2.64. The average molecular weight is 342 g/mol. The van der Waals surface area contributed by atoms with Gasteiger partial charge in [-0.25, -0.2) is 0 Å². The van der Waals surface area contributed by atoms with Gasteiger partial charge in [0.15, 0.2) is 11.5 Å². The van der Waals surface area contributed by atoms with E-state index >= 15 is 0 Å². The van der Waals surface area contributed by atoms with Crippen molar-refractivity contribution in [2.75, 3.05) is 25.6 Å². The Balaban J connectivity index is 2.05. The summed E-state index contributed by atoms with van der Waals surface area (Å²) in [5, 5.41) is 3.85. The van der Waals surface area contributed by atoms with Gasteiger partial charge in [0.2, 0.25) is 5.91 Å². The minimum Gasteiger partial charge on any atom is -0.493 e. The topological polar surface area (TPSA) is 47.6 Å². The lowest BCUT2D eigenvalue weighted by Gasteiger charge is -2.14. The van der Waals surface area contributed by atoms with Crippen molar-refractivity contribution in [2.45, 2.75) is 25.2 Å². The molecular weight excluding hydrogens is 322 g/mol. The Morgan fingerprint density at radius 2 is 2.20 bits per heavy atom. The van der Waals surface area contributed by atoms with Crippen LogP contribution in [0.5, 0.6) is 11.5 Å². The lowest BCUT2D eigenvalue weighted by Crippen LogP contribution is -2.13. The molecule has 1 N–H and O–H groups in total. The normalized spacial score (nSPS) is 17.9. The fourth-order valence-electron chi connectivity index (χ4n) is 2.28. The maximum absolute atomic E-state index is 11.3. The molecule has 1 aliphatic heterocycles. The van der Waals surface area contributed by atoms with E-state index < -0.39 is 0 Å². The van der Waals surface area contributed by atoms with Crippen molar-refractivity contribution in [1.29, 1.82) is 0 Å². The number of methoxy groups -OCH3 is 1. The number of carbonyl (C=O) groups excluding carboxylic acids is 1. The number of halogens is 1. The Bertz CT molecular complexity index is 464. The van der Waals surface area contributed by atoms with Crippen LogP contribution in [0, 0.1) is 0 Å². The highest BCUT2D eigenvalue weighted by Gasteiger charge is 2.23. The third-order valence-corrected chi connectivity index (χ3v) is 3.98. The minimum atomic E-state index is 0.116. The van der Waals surface area contributed by atoms with Gasteiger partial charge in [0.25, 0.3) is 0 Å². The Morgan fingerprint density at radius 3 is 2.85 bits per heavy atom. The van der Waals surface area contributed by atoms with Crippen LogP contribution in [-0.2, 0) is 4.79 Å². The molecule has 4 nitrogen and oxygen atoms in total. The fraction of sp³-hybridized carbons (Fsp3) is 0.533. The Morgan fingerprint density at radius 1 is 1.35 bits per heavy atom. The summed E-state index contributed by atoms with van der Waals surface area (Å²) >= 11 is 3.41. The lowest BCUT2D eigenvalue weighted by molar-refractivity contribution is -0.119. The number of ether oxygens (including phenoxy) is 2. The first-order valence-corrected chi connectivity index (χ1v) is 8.00. The van der Waals surface area contributed by atoms with Crippen LogP contribution in [0.1, 0.15) is 30.7 Å². The van der Waals surface area contributed by atoms with Crippen molar-refractivity contribution in [3.8, 4) is 11.5 Å². The van der Waals surface area contributed by atoms with Crippen LogP contribution in [0.15, 0.2) is 18.2 Å². The summed E-state index contributed by atoms with van der Waals surface area (Å²) in [7, 11) is 1.64. The van der Waals surface area contributed by atoms with Gasteiger partial charge in [0, 0.05) is 24.2 Å². The van der Waals surface area contributed by atoms with E-state index in [0.717, 1.165) is 35.2 Å². The predicted molar refractivity (Wildman–Crippen MR) is 81.9 cm³/mol. The zero-order valence-corrected chi connectivity index (χ0v) is 13.2. The first-order chi connectivity index (χ1) is 9.74. The minimum absolute atomic E-state index is 0.116. The van der Waals surface area contributed by atoms with Gasteiger partial charge in [-0.15, -0.1) is 0 Å². The molecule has 1 atom stereocenters. The van der Waals surface area contributed by atoms with Gasteiger partial charge in [0.05, 0.1) is 13.7 Å². The average Bonchev–Trinajstić information content (AvgIpc) is 2.90. The van der Waals surface area contributed by atoms with Gasteiger partial charge in [-0.05, 0) is 30.5 Å². The second-order valence-corrected chi connectivity index (χ2v) is 5.65. The van der Waals surface area contributed by atoms with Crippen molar-refractivity contribution in [1.82, 2.24) is 5.32 Å². The van der Waals surface area contributed by atoms with Gasteiger partial charge in [0.1, 0.15) is 0 Å². The molecule has 20 heavy (non-hydrogen) atoms. The van der Waals surface area contributed by atoms with E-state index in [1.807, 2.05) is 18.2 Å². The SMILES string of the molecule is COc1ccc(C2CNC(=O)C2)cc1OCCCCBr. The highest BCUT2D eigenvalue weighted by Crippen LogP contribution is 2.33. The van der Waals surface area contributed by atoms with Crippen LogP contribution < -0.4 is 14.8 Å². The van der Waals surface area contributed by atoms with Gasteiger partial charge in [-0.1, -0.05) is 22.0 Å². The van der Waals surface area contributed by atoms with E-state index in [4.69, 9.17) is 9.47 Å². The van der Waals surface area contributed by atoms with E-state index in [-0.39, 0.29) is 11.8 Å². The molecule has 1 aliphatic rings. The van der Waals surface area contributed by atoms with E-state index in [1.165, 1.54) is 0 Å². The predicted octanol–water partition coefficient (Wildman–Crippen LogP) is 2.85. The lowest BCUT2D eigenvalue weighted by atomic mass is 9.98. The number of alkyl halides is 1. The Labute approximate surface area is 128 Å². The highest BCUT2D eigenvalue weighted by molar-refractivity contribution is 9.09. The van der Waals surface area contributed by atoms with Crippen LogP contribution >= 0.6 is 15.9 Å². The monoisotopic (exact) mass is 341 g/mol. The molecule has 1 fully saturated rings. The third kappa shape index (κ3) is 3.88. The smallest absolute Gasteiger partial charge is 0.220 e.